The van der Waals surface area contributed by atoms with Crippen LogP contribution in [0.1, 0.15) is 29.0 Å². The number of hydrogen-bond donors (Lipinski definition) is 2. The summed E-state index contributed by atoms with van der Waals surface area (Å²) in [5.41, 5.74) is 0.674. The van der Waals surface area contributed by atoms with Crippen LogP contribution >= 0.6 is 39.1 Å². The molecule has 1 aromatic heterocycles. The summed E-state index contributed by atoms with van der Waals surface area (Å²) in [5, 5.41) is 6.28. The number of likely N-dealkylation sites (tertiary alicyclic amines) is 1. The Morgan fingerprint density at radius 2 is 1.92 bits per heavy atom. The number of nitrogens with zero attached hydrogens (tertiary/aromatic N) is 1. The number of benzene rings is 2. The Hall–Kier alpha value is -3.01. The molecule has 4 rings (SSSR count). The molecule has 1 fully saturated rings. The van der Waals surface area contributed by atoms with E-state index in [4.69, 9.17) is 32.4 Å². The number of rotatable bonds is 7. The molecular weight excluding hydrogens is 585 g/mol. The fraction of sp³-hybridized carbons (Fsp3) is 0.269. The third kappa shape index (κ3) is 7.28. The molecule has 3 aromatic rings. The average Bonchev–Trinajstić information content (AvgIpc) is 3.44. The van der Waals surface area contributed by atoms with Gasteiger partial charge < -0.3 is 24.7 Å². The summed E-state index contributed by atoms with van der Waals surface area (Å²) in [6.07, 6.45) is 3.03. The lowest BCUT2D eigenvalue weighted by Gasteiger charge is -2.32. The van der Waals surface area contributed by atoms with Crippen LogP contribution in [0.3, 0.4) is 0 Å². The van der Waals surface area contributed by atoms with Crippen molar-refractivity contribution in [1.29, 1.82) is 0 Å². The fourth-order valence-corrected chi connectivity index (χ4v) is 4.61. The second-order valence-corrected chi connectivity index (χ2v) is 10.3. The van der Waals surface area contributed by atoms with Gasteiger partial charge in [0.1, 0.15) is 11.5 Å². The highest BCUT2D eigenvalue weighted by Gasteiger charge is 2.28. The van der Waals surface area contributed by atoms with Gasteiger partial charge in [0.15, 0.2) is 5.76 Å². The lowest BCUT2D eigenvalue weighted by Crippen LogP contribution is -2.48. The van der Waals surface area contributed by atoms with Crippen molar-refractivity contribution in [3.05, 3.63) is 80.6 Å². The molecule has 0 radical (unpaired) electrons. The highest BCUT2D eigenvalue weighted by molar-refractivity contribution is 9.10. The summed E-state index contributed by atoms with van der Waals surface area (Å²) in [5.74, 6) is -0.365. The summed E-state index contributed by atoms with van der Waals surface area (Å²) >= 11 is 15.5. The number of amides is 3. The maximum absolute atomic E-state index is 12.8. The summed E-state index contributed by atoms with van der Waals surface area (Å²) in [6, 6.07) is 13.5. The predicted molar refractivity (Wildman–Crippen MR) is 143 cm³/mol. The fourth-order valence-electron chi connectivity index (χ4n) is 3.98. The SMILES string of the molecule is O=C(NCc1ccc(Br)cc1Oc1ccc(Cl)c(Cl)c1)C(=O)N1CCCC(CNC(=O)c2ccco2)C1. The minimum Gasteiger partial charge on any atom is -0.459 e. The van der Waals surface area contributed by atoms with E-state index in [9.17, 15) is 14.4 Å². The molecule has 1 atom stereocenters. The van der Waals surface area contributed by atoms with Gasteiger partial charge in [-0.05, 0) is 55.2 Å². The number of nitrogens with one attached hydrogen (secondary N) is 2. The first-order valence-electron chi connectivity index (χ1n) is 11.6. The number of piperidine rings is 1. The van der Waals surface area contributed by atoms with Crippen molar-refractivity contribution in [2.45, 2.75) is 19.4 Å². The zero-order chi connectivity index (χ0) is 26.4. The number of carbonyl (C=O) groups excluding carboxylic acids is 3. The van der Waals surface area contributed by atoms with E-state index in [2.05, 4.69) is 26.6 Å². The Bertz CT molecular complexity index is 1290. The molecule has 2 aromatic carbocycles. The molecule has 37 heavy (non-hydrogen) atoms. The maximum Gasteiger partial charge on any atom is 0.311 e. The Morgan fingerprint density at radius 3 is 2.68 bits per heavy atom. The molecule has 1 unspecified atom stereocenters. The van der Waals surface area contributed by atoms with E-state index in [0.29, 0.717) is 46.7 Å². The van der Waals surface area contributed by atoms with Crippen molar-refractivity contribution < 1.29 is 23.5 Å². The van der Waals surface area contributed by atoms with E-state index < -0.39 is 11.8 Å². The van der Waals surface area contributed by atoms with E-state index in [-0.39, 0.29) is 24.1 Å². The first-order chi connectivity index (χ1) is 17.8. The van der Waals surface area contributed by atoms with E-state index in [1.807, 2.05) is 6.07 Å². The number of hydrogen-bond acceptors (Lipinski definition) is 5. The van der Waals surface area contributed by atoms with Gasteiger partial charge in [-0.3, -0.25) is 14.4 Å². The molecule has 11 heteroatoms. The monoisotopic (exact) mass is 607 g/mol. The first kappa shape index (κ1) is 27.0. The number of ether oxygens (including phenoxy) is 1. The molecular formula is C26H24BrCl2N3O5. The van der Waals surface area contributed by atoms with Crippen molar-refractivity contribution in [3.8, 4) is 11.5 Å². The zero-order valence-corrected chi connectivity index (χ0v) is 22.7. The van der Waals surface area contributed by atoms with Crippen LogP contribution in [0.25, 0.3) is 0 Å². The molecule has 1 aliphatic heterocycles. The molecule has 194 valence electrons. The van der Waals surface area contributed by atoms with Crippen LogP contribution in [0.15, 0.2) is 63.7 Å². The Balaban J connectivity index is 1.32. The summed E-state index contributed by atoms with van der Waals surface area (Å²) in [6.45, 7) is 1.34. The van der Waals surface area contributed by atoms with Crippen LogP contribution in [0, 0.1) is 5.92 Å². The molecule has 3 amide bonds. The lowest BCUT2D eigenvalue weighted by atomic mass is 9.98. The number of halogens is 3. The summed E-state index contributed by atoms with van der Waals surface area (Å²) in [7, 11) is 0. The van der Waals surface area contributed by atoms with Crippen molar-refractivity contribution in [2.24, 2.45) is 5.92 Å². The molecule has 0 saturated carbocycles. The van der Waals surface area contributed by atoms with Crippen LogP contribution in [-0.2, 0) is 16.1 Å². The van der Waals surface area contributed by atoms with E-state index >= 15 is 0 Å². The van der Waals surface area contributed by atoms with Gasteiger partial charge in [-0.25, -0.2) is 0 Å². The first-order valence-corrected chi connectivity index (χ1v) is 13.1. The van der Waals surface area contributed by atoms with Gasteiger partial charge in [-0.1, -0.05) is 45.2 Å². The molecule has 0 bridgehead atoms. The summed E-state index contributed by atoms with van der Waals surface area (Å²) < 4.78 is 11.8. The van der Waals surface area contributed by atoms with Crippen molar-refractivity contribution in [1.82, 2.24) is 15.5 Å². The minimum absolute atomic E-state index is 0.0436. The second-order valence-electron chi connectivity index (χ2n) is 8.56. The highest BCUT2D eigenvalue weighted by atomic mass is 79.9. The molecule has 1 aliphatic rings. The van der Waals surface area contributed by atoms with Crippen molar-refractivity contribution in [3.63, 3.8) is 0 Å². The standard InChI is InChI=1S/C26H24BrCl2N3O5/c27-18-6-5-17(23(11-18)37-19-7-8-20(28)21(29)12-19)14-31-25(34)26(35)32-9-1-3-16(15-32)13-30-24(33)22-4-2-10-36-22/h2,4-8,10-12,16H,1,3,9,13-15H2,(H,30,33)(H,31,34). The van der Waals surface area contributed by atoms with Gasteiger partial charge >= 0.3 is 11.8 Å². The molecule has 0 aliphatic carbocycles. The van der Waals surface area contributed by atoms with Crippen molar-refractivity contribution >= 4 is 56.9 Å². The molecule has 1 saturated heterocycles. The Labute approximate surface area is 232 Å². The van der Waals surface area contributed by atoms with Gasteiger partial charge in [-0.15, -0.1) is 0 Å². The van der Waals surface area contributed by atoms with Gasteiger partial charge in [0.05, 0.1) is 16.3 Å². The number of furan rings is 1. The molecule has 8 nitrogen and oxygen atoms in total. The Morgan fingerprint density at radius 1 is 1.08 bits per heavy atom. The van der Waals surface area contributed by atoms with Crippen LogP contribution in [0.5, 0.6) is 11.5 Å². The van der Waals surface area contributed by atoms with E-state index in [0.717, 1.165) is 17.3 Å². The molecule has 0 spiro atoms. The van der Waals surface area contributed by atoms with Gasteiger partial charge in [0.25, 0.3) is 5.91 Å². The normalized spacial score (nSPS) is 15.2. The molecule has 2 N–H and O–H groups in total. The van der Waals surface area contributed by atoms with Gasteiger partial charge in [0.2, 0.25) is 0 Å². The predicted octanol–water partition coefficient (Wildman–Crippen LogP) is 5.43. The van der Waals surface area contributed by atoms with Crippen molar-refractivity contribution in [2.75, 3.05) is 19.6 Å². The zero-order valence-electron chi connectivity index (χ0n) is 19.6. The Kier molecular flexibility index (Phi) is 9.13. The van der Waals surface area contributed by atoms with Crippen LogP contribution in [0.2, 0.25) is 10.0 Å². The lowest BCUT2D eigenvalue weighted by molar-refractivity contribution is -0.147. The van der Waals surface area contributed by atoms with Crippen LogP contribution in [0.4, 0.5) is 0 Å². The van der Waals surface area contributed by atoms with Crippen LogP contribution in [-0.4, -0.2) is 42.3 Å². The van der Waals surface area contributed by atoms with Crippen LogP contribution < -0.4 is 15.4 Å². The topological polar surface area (TPSA) is 101 Å². The third-order valence-corrected chi connectivity index (χ3v) is 7.12. The largest absolute Gasteiger partial charge is 0.459 e. The quantitative estimate of drug-likeness (QED) is 0.349. The summed E-state index contributed by atoms with van der Waals surface area (Å²) in [4.78, 5) is 39.2. The highest BCUT2D eigenvalue weighted by Crippen LogP contribution is 2.32. The molecule has 2 heterocycles. The van der Waals surface area contributed by atoms with Gasteiger partial charge in [0, 0.05) is 42.3 Å². The van der Waals surface area contributed by atoms with E-state index in [1.165, 1.54) is 11.2 Å². The van der Waals surface area contributed by atoms with E-state index in [1.54, 1.807) is 42.5 Å². The average molecular weight is 609 g/mol. The maximum atomic E-state index is 12.8. The number of carbonyl (C=O) groups is 3. The third-order valence-electron chi connectivity index (χ3n) is 5.88. The minimum atomic E-state index is -0.705. The second kappa shape index (κ2) is 12.5. The smallest absolute Gasteiger partial charge is 0.311 e. The van der Waals surface area contributed by atoms with Gasteiger partial charge in [-0.2, -0.15) is 0 Å².